The van der Waals surface area contributed by atoms with E-state index in [4.69, 9.17) is 0 Å². The van der Waals surface area contributed by atoms with Gasteiger partial charge < -0.3 is 10.6 Å². The van der Waals surface area contributed by atoms with Gasteiger partial charge in [-0.15, -0.1) is 10.2 Å². The van der Waals surface area contributed by atoms with E-state index in [0.717, 1.165) is 56.5 Å². The molecule has 0 saturated heterocycles. The molecule has 160 valence electrons. The smallest absolute Gasteiger partial charge is 0.191 e. The zero-order valence-electron chi connectivity index (χ0n) is 18.3. The Labute approximate surface area is 179 Å². The van der Waals surface area contributed by atoms with Gasteiger partial charge in [-0.1, -0.05) is 50.2 Å². The van der Waals surface area contributed by atoms with Gasteiger partial charge in [-0.25, -0.2) is 0 Å². The Morgan fingerprint density at radius 1 is 1.03 bits per heavy atom. The van der Waals surface area contributed by atoms with Crippen LogP contribution in [0.5, 0.6) is 0 Å². The van der Waals surface area contributed by atoms with Gasteiger partial charge in [-0.2, -0.15) is 0 Å². The molecule has 3 aromatic rings. The number of aliphatic imine (C=N–C) groups is 1. The van der Waals surface area contributed by atoms with Crippen LogP contribution in [-0.2, 0) is 6.42 Å². The summed E-state index contributed by atoms with van der Waals surface area (Å²) in [5.41, 5.74) is 2.21. The number of likely N-dealkylation sites (N-methyl/N-ethyl adjacent to an activating group) is 1. The van der Waals surface area contributed by atoms with Crippen molar-refractivity contribution in [2.75, 3.05) is 33.2 Å². The van der Waals surface area contributed by atoms with Crippen molar-refractivity contribution in [2.45, 2.75) is 32.7 Å². The Bertz CT molecular complexity index is 915. The van der Waals surface area contributed by atoms with Gasteiger partial charge >= 0.3 is 0 Å². The van der Waals surface area contributed by atoms with E-state index >= 15 is 0 Å². The van der Waals surface area contributed by atoms with Crippen molar-refractivity contribution in [3.8, 4) is 0 Å². The molecular formula is C23H33N7. The zero-order valence-corrected chi connectivity index (χ0v) is 18.3. The van der Waals surface area contributed by atoms with Crippen molar-refractivity contribution >= 4 is 11.6 Å². The molecule has 30 heavy (non-hydrogen) atoms. The molecule has 3 rings (SSSR count). The highest BCUT2D eigenvalue weighted by molar-refractivity contribution is 5.79. The van der Waals surface area contributed by atoms with Gasteiger partial charge in [0.05, 0.1) is 6.04 Å². The second-order valence-electron chi connectivity index (χ2n) is 7.18. The summed E-state index contributed by atoms with van der Waals surface area (Å²) in [5, 5.41) is 15.4. The maximum Gasteiger partial charge on any atom is 0.191 e. The fourth-order valence-corrected chi connectivity index (χ4v) is 3.73. The lowest BCUT2D eigenvalue weighted by Gasteiger charge is -2.30. The number of hydrogen-bond donors (Lipinski definition) is 2. The summed E-state index contributed by atoms with van der Waals surface area (Å²) < 4.78 is 2.04. The van der Waals surface area contributed by atoms with Crippen molar-refractivity contribution in [2.24, 2.45) is 4.99 Å². The number of nitrogens with zero attached hydrogens (tertiary/aromatic N) is 5. The quantitative estimate of drug-likeness (QED) is 0.307. The van der Waals surface area contributed by atoms with E-state index in [1.54, 1.807) is 0 Å². The Hall–Kier alpha value is -2.93. The average Bonchev–Trinajstić information content (AvgIpc) is 3.21. The van der Waals surface area contributed by atoms with Gasteiger partial charge in [0, 0.05) is 32.8 Å². The van der Waals surface area contributed by atoms with E-state index in [1.165, 1.54) is 5.56 Å². The number of fused-ring (bicyclic) bond motifs is 1. The van der Waals surface area contributed by atoms with Crippen LogP contribution in [0.2, 0.25) is 0 Å². The molecule has 0 amide bonds. The summed E-state index contributed by atoms with van der Waals surface area (Å²) >= 11 is 0. The van der Waals surface area contributed by atoms with Crippen molar-refractivity contribution in [1.29, 1.82) is 0 Å². The summed E-state index contributed by atoms with van der Waals surface area (Å²) in [4.78, 5) is 6.86. The number of guanidine groups is 1. The molecule has 1 atom stereocenters. The number of aryl methyl sites for hydroxylation is 1. The lowest BCUT2D eigenvalue weighted by atomic mass is 10.1. The number of hydrogen-bond acceptors (Lipinski definition) is 4. The zero-order chi connectivity index (χ0) is 21.2. The standard InChI is InChI=1S/C23H33N7/c1-4-29(5-2)20(19-12-7-6-8-13-19)18-26-23(24-3)25-16-11-15-22-28-27-21-14-9-10-17-30(21)22/h6-10,12-14,17,20H,4-5,11,15-16,18H2,1-3H3,(H2,24,25,26). The van der Waals surface area contributed by atoms with Crippen LogP contribution in [0, 0.1) is 0 Å². The van der Waals surface area contributed by atoms with Crippen LogP contribution in [-0.4, -0.2) is 58.7 Å². The monoisotopic (exact) mass is 407 g/mol. The molecule has 0 fully saturated rings. The summed E-state index contributed by atoms with van der Waals surface area (Å²) in [6.45, 7) is 8.07. The Kier molecular flexibility index (Phi) is 8.20. The van der Waals surface area contributed by atoms with Crippen LogP contribution in [0.15, 0.2) is 59.7 Å². The minimum atomic E-state index is 0.308. The first kappa shape index (κ1) is 21.8. The maximum atomic E-state index is 4.39. The summed E-state index contributed by atoms with van der Waals surface area (Å²) in [6.07, 6.45) is 3.82. The van der Waals surface area contributed by atoms with Gasteiger partial charge in [0.2, 0.25) is 0 Å². The molecule has 0 aliphatic carbocycles. The molecule has 0 aliphatic rings. The van der Waals surface area contributed by atoms with Crippen LogP contribution in [0.1, 0.15) is 37.7 Å². The minimum Gasteiger partial charge on any atom is -0.356 e. The number of pyridine rings is 1. The van der Waals surface area contributed by atoms with Gasteiger partial charge in [0.15, 0.2) is 11.6 Å². The molecule has 0 aliphatic heterocycles. The first-order valence-electron chi connectivity index (χ1n) is 10.8. The van der Waals surface area contributed by atoms with Crippen LogP contribution >= 0.6 is 0 Å². The van der Waals surface area contributed by atoms with Crippen LogP contribution in [0.3, 0.4) is 0 Å². The highest BCUT2D eigenvalue weighted by Gasteiger charge is 2.18. The minimum absolute atomic E-state index is 0.308. The number of rotatable bonds is 10. The highest BCUT2D eigenvalue weighted by atomic mass is 15.2. The number of aromatic nitrogens is 3. The molecule has 2 N–H and O–H groups in total. The highest BCUT2D eigenvalue weighted by Crippen LogP contribution is 2.19. The molecule has 2 heterocycles. The van der Waals surface area contributed by atoms with Gasteiger partial charge in [0.25, 0.3) is 0 Å². The molecule has 0 bridgehead atoms. The predicted octanol–water partition coefficient (Wildman–Crippen LogP) is 2.91. The van der Waals surface area contributed by atoms with Gasteiger partial charge in [0.1, 0.15) is 5.82 Å². The lowest BCUT2D eigenvalue weighted by molar-refractivity contribution is 0.219. The summed E-state index contributed by atoms with van der Waals surface area (Å²) in [6, 6.07) is 16.9. The van der Waals surface area contributed by atoms with E-state index in [0.29, 0.717) is 6.04 Å². The number of nitrogens with one attached hydrogen (secondary N) is 2. The summed E-state index contributed by atoms with van der Waals surface area (Å²) in [7, 11) is 1.82. The second-order valence-corrected chi connectivity index (χ2v) is 7.18. The molecule has 7 nitrogen and oxygen atoms in total. The SMILES string of the molecule is CCN(CC)C(CNC(=NC)NCCCc1nnc2ccccn12)c1ccccc1. The van der Waals surface area contributed by atoms with Crippen LogP contribution in [0.4, 0.5) is 0 Å². The molecular weight excluding hydrogens is 374 g/mol. The van der Waals surface area contributed by atoms with E-state index in [9.17, 15) is 0 Å². The largest absolute Gasteiger partial charge is 0.356 e. The third-order valence-electron chi connectivity index (χ3n) is 5.38. The normalized spacial score (nSPS) is 13.0. The third-order valence-corrected chi connectivity index (χ3v) is 5.38. The third kappa shape index (κ3) is 5.57. The first-order chi connectivity index (χ1) is 14.8. The van der Waals surface area contributed by atoms with Gasteiger partial charge in [-0.3, -0.25) is 14.3 Å². The fourth-order valence-electron chi connectivity index (χ4n) is 3.73. The predicted molar refractivity (Wildman–Crippen MR) is 123 cm³/mol. The van der Waals surface area contributed by atoms with Gasteiger partial charge in [-0.05, 0) is 37.2 Å². The van der Waals surface area contributed by atoms with Crippen molar-refractivity contribution in [3.63, 3.8) is 0 Å². The van der Waals surface area contributed by atoms with E-state index < -0.39 is 0 Å². The molecule has 0 spiro atoms. The molecule has 7 heteroatoms. The van der Waals surface area contributed by atoms with Crippen LogP contribution < -0.4 is 10.6 Å². The number of benzene rings is 1. The van der Waals surface area contributed by atoms with Crippen LogP contribution in [0.25, 0.3) is 5.65 Å². The molecule has 1 unspecified atom stereocenters. The maximum absolute atomic E-state index is 4.39. The van der Waals surface area contributed by atoms with E-state index in [2.05, 4.69) is 74.9 Å². The first-order valence-corrected chi connectivity index (χ1v) is 10.8. The molecule has 2 aromatic heterocycles. The molecule has 0 saturated carbocycles. The second kappa shape index (κ2) is 11.3. The summed E-state index contributed by atoms with van der Waals surface area (Å²) in [5.74, 6) is 1.82. The van der Waals surface area contributed by atoms with Crippen molar-refractivity contribution < 1.29 is 0 Å². The van der Waals surface area contributed by atoms with Crippen molar-refractivity contribution in [3.05, 3.63) is 66.1 Å². The molecule has 0 radical (unpaired) electrons. The Balaban J connectivity index is 1.50. The topological polar surface area (TPSA) is 69.8 Å². The Morgan fingerprint density at radius 3 is 2.53 bits per heavy atom. The Morgan fingerprint density at radius 2 is 1.80 bits per heavy atom. The lowest BCUT2D eigenvalue weighted by Crippen LogP contribution is -2.43. The average molecular weight is 408 g/mol. The van der Waals surface area contributed by atoms with E-state index in [-0.39, 0.29) is 0 Å². The molecule has 1 aromatic carbocycles. The van der Waals surface area contributed by atoms with E-state index in [1.807, 2.05) is 35.8 Å². The van der Waals surface area contributed by atoms with Crippen molar-refractivity contribution in [1.82, 2.24) is 30.1 Å². The fraction of sp³-hybridized carbons (Fsp3) is 0.435.